The molecule has 0 aromatic carbocycles. The molecule has 0 saturated heterocycles. The van der Waals surface area contributed by atoms with E-state index in [0.717, 1.165) is 0 Å². The zero-order chi connectivity index (χ0) is 8.23. The van der Waals surface area contributed by atoms with Gasteiger partial charge in [-0.3, -0.25) is 0 Å². The Bertz CT molecular complexity index is 309. The molecule has 57 valence electrons. The summed E-state index contributed by atoms with van der Waals surface area (Å²) in [4.78, 5) is 7.57. The Morgan fingerprint density at radius 3 is 2.83 bits per heavy atom. The van der Waals surface area contributed by atoms with E-state index >= 15 is 0 Å². The maximum absolute atomic E-state index is 3.81. The Labute approximate surface area is 67.7 Å². The van der Waals surface area contributed by atoms with E-state index in [4.69, 9.17) is 0 Å². The molecule has 0 N–H and O–H groups in total. The molecule has 6 nitrogen and oxygen atoms in total. The van der Waals surface area contributed by atoms with Crippen LogP contribution in [0.15, 0.2) is 18.7 Å². The first-order chi connectivity index (χ1) is 5.97. The fourth-order valence-corrected chi connectivity index (χ4v) is 0.680. The third kappa shape index (κ3) is 1.22. The summed E-state index contributed by atoms with van der Waals surface area (Å²) in [5, 5.41) is 14.6. The number of aromatic nitrogens is 6. The Kier molecular flexibility index (Phi) is 1.65. The molecule has 2 aromatic heterocycles. The van der Waals surface area contributed by atoms with Crippen molar-refractivity contribution in [2.24, 2.45) is 0 Å². The number of hydrogen-bond donors (Lipinski definition) is 0. The Balaban J connectivity index is 2.46. The number of rotatable bonds is 1. The highest BCUT2D eigenvalue weighted by molar-refractivity contribution is 5.43. The van der Waals surface area contributed by atoms with Gasteiger partial charge in [0.15, 0.2) is 5.69 Å². The average molecular weight is 159 g/mol. The summed E-state index contributed by atoms with van der Waals surface area (Å²) in [6, 6.07) is 0. The van der Waals surface area contributed by atoms with Crippen LogP contribution in [0.5, 0.6) is 0 Å². The molecular weight excluding hydrogens is 156 g/mol. The fourth-order valence-electron chi connectivity index (χ4n) is 0.680. The van der Waals surface area contributed by atoms with E-state index in [1.54, 1.807) is 0 Å². The van der Waals surface area contributed by atoms with Gasteiger partial charge in [-0.2, -0.15) is 5.10 Å². The highest BCUT2D eigenvalue weighted by Gasteiger charge is 2.00. The molecule has 1 radical (unpaired) electrons. The molecule has 0 bridgehead atoms. The summed E-state index contributed by atoms with van der Waals surface area (Å²) in [5.41, 5.74) is 0.488. The SMILES string of the molecule is [c]1cnnc(-c2cncnn2)n1. The van der Waals surface area contributed by atoms with E-state index in [2.05, 4.69) is 36.6 Å². The van der Waals surface area contributed by atoms with Crippen molar-refractivity contribution in [3.05, 3.63) is 24.9 Å². The zero-order valence-electron chi connectivity index (χ0n) is 5.92. The van der Waals surface area contributed by atoms with Gasteiger partial charge in [0.05, 0.1) is 12.4 Å². The van der Waals surface area contributed by atoms with E-state index in [-0.39, 0.29) is 0 Å². The van der Waals surface area contributed by atoms with Crippen molar-refractivity contribution in [1.82, 2.24) is 30.4 Å². The van der Waals surface area contributed by atoms with Gasteiger partial charge >= 0.3 is 0 Å². The van der Waals surface area contributed by atoms with Gasteiger partial charge < -0.3 is 0 Å². The van der Waals surface area contributed by atoms with Crippen LogP contribution in [0.3, 0.4) is 0 Å². The van der Waals surface area contributed by atoms with Gasteiger partial charge in [0.1, 0.15) is 12.5 Å². The van der Waals surface area contributed by atoms with Gasteiger partial charge in [-0.1, -0.05) is 0 Å². The van der Waals surface area contributed by atoms with Crippen molar-refractivity contribution in [1.29, 1.82) is 0 Å². The van der Waals surface area contributed by atoms with Gasteiger partial charge in [-0.15, -0.1) is 15.3 Å². The largest absolute Gasteiger partial charge is 0.240 e. The molecule has 0 fully saturated rings. The number of nitrogens with zero attached hydrogens (tertiary/aromatic N) is 6. The lowest BCUT2D eigenvalue weighted by Crippen LogP contribution is -1.94. The minimum Gasteiger partial charge on any atom is -0.240 e. The van der Waals surface area contributed by atoms with Crippen molar-refractivity contribution < 1.29 is 0 Å². The van der Waals surface area contributed by atoms with Gasteiger partial charge in [0.2, 0.25) is 5.82 Å². The molecule has 0 saturated carbocycles. The first-order valence-electron chi connectivity index (χ1n) is 3.15. The Hall–Kier alpha value is -1.98. The predicted octanol–water partition coefficient (Wildman–Crippen LogP) is -0.476. The molecule has 0 spiro atoms. The van der Waals surface area contributed by atoms with Crippen molar-refractivity contribution in [2.45, 2.75) is 0 Å². The smallest absolute Gasteiger partial charge is 0.204 e. The molecule has 0 amide bonds. The quantitative estimate of drug-likeness (QED) is 0.559. The van der Waals surface area contributed by atoms with Gasteiger partial charge in [0.25, 0.3) is 0 Å². The molecule has 2 rings (SSSR count). The average Bonchev–Trinajstić information content (AvgIpc) is 2.21. The van der Waals surface area contributed by atoms with Crippen LogP contribution in [0.4, 0.5) is 0 Å². The molecule has 6 heteroatoms. The molecule has 2 heterocycles. The van der Waals surface area contributed by atoms with E-state index in [9.17, 15) is 0 Å². The lowest BCUT2D eigenvalue weighted by atomic mass is 10.4. The van der Waals surface area contributed by atoms with E-state index in [1.165, 1.54) is 18.7 Å². The topological polar surface area (TPSA) is 77.3 Å². The summed E-state index contributed by atoms with van der Waals surface area (Å²) >= 11 is 0. The normalized spacial score (nSPS) is 9.67. The van der Waals surface area contributed by atoms with Crippen LogP contribution in [0.1, 0.15) is 0 Å². The molecule has 0 atom stereocenters. The highest BCUT2D eigenvalue weighted by atomic mass is 15.2. The van der Waals surface area contributed by atoms with Gasteiger partial charge in [-0.25, -0.2) is 9.97 Å². The van der Waals surface area contributed by atoms with Crippen LogP contribution < -0.4 is 0 Å². The van der Waals surface area contributed by atoms with Crippen LogP contribution in [-0.2, 0) is 0 Å². The lowest BCUT2D eigenvalue weighted by molar-refractivity contribution is 0.920. The minimum absolute atomic E-state index is 0.373. The van der Waals surface area contributed by atoms with E-state index < -0.39 is 0 Å². The fraction of sp³-hybridized carbons (Fsp3) is 0. The Morgan fingerprint density at radius 2 is 2.17 bits per heavy atom. The van der Waals surface area contributed by atoms with Crippen molar-refractivity contribution in [3.63, 3.8) is 0 Å². The summed E-state index contributed by atoms with van der Waals surface area (Å²) < 4.78 is 0. The molecule has 0 aliphatic heterocycles. The zero-order valence-corrected chi connectivity index (χ0v) is 5.92. The van der Waals surface area contributed by atoms with Gasteiger partial charge in [0, 0.05) is 0 Å². The van der Waals surface area contributed by atoms with E-state index in [1.807, 2.05) is 0 Å². The van der Waals surface area contributed by atoms with E-state index in [0.29, 0.717) is 11.5 Å². The molecule has 12 heavy (non-hydrogen) atoms. The standard InChI is InChI=1S/C6H3N6/c1-2-9-12-6(8-1)5-3-7-4-10-11-5/h2-4H. The van der Waals surface area contributed by atoms with Crippen LogP contribution in [0, 0.1) is 6.20 Å². The maximum atomic E-state index is 3.81. The Morgan fingerprint density at radius 1 is 1.17 bits per heavy atom. The first-order valence-corrected chi connectivity index (χ1v) is 3.15. The second-order valence-corrected chi connectivity index (χ2v) is 1.90. The van der Waals surface area contributed by atoms with Crippen LogP contribution in [0.2, 0.25) is 0 Å². The predicted molar refractivity (Wildman–Crippen MR) is 37.5 cm³/mol. The molecule has 0 aliphatic carbocycles. The number of hydrogen-bond acceptors (Lipinski definition) is 6. The van der Waals surface area contributed by atoms with Crippen LogP contribution >= 0.6 is 0 Å². The highest BCUT2D eigenvalue weighted by Crippen LogP contribution is 2.03. The lowest BCUT2D eigenvalue weighted by Gasteiger charge is -1.91. The van der Waals surface area contributed by atoms with Gasteiger partial charge in [-0.05, 0) is 0 Å². The summed E-state index contributed by atoms with van der Waals surface area (Å²) in [7, 11) is 0. The second-order valence-electron chi connectivity index (χ2n) is 1.90. The molecule has 0 aliphatic rings. The van der Waals surface area contributed by atoms with Crippen molar-refractivity contribution in [2.75, 3.05) is 0 Å². The second kappa shape index (κ2) is 2.95. The van der Waals surface area contributed by atoms with Crippen molar-refractivity contribution in [3.8, 4) is 11.5 Å². The molecular formula is C6H3N6. The van der Waals surface area contributed by atoms with Crippen molar-refractivity contribution >= 4 is 0 Å². The third-order valence-corrected chi connectivity index (χ3v) is 1.15. The summed E-state index contributed by atoms with van der Waals surface area (Å²) in [6.45, 7) is 0. The minimum atomic E-state index is 0.373. The summed E-state index contributed by atoms with van der Waals surface area (Å²) in [6.07, 6.45) is 6.76. The van der Waals surface area contributed by atoms with Crippen LogP contribution in [0.25, 0.3) is 11.5 Å². The molecule has 0 unspecified atom stereocenters. The third-order valence-electron chi connectivity index (χ3n) is 1.15. The monoisotopic (exact) mass is 159 g/mol. The molecule has 2 aromatic rings. The maximum Gasteiger partial charge on any atom is 0.204 e. The summed E-state index contributed by atoms with van der Waals surface area (Å²) in [5.74, 6) is 0.373. The van der Waals surface area contributed by atoms with Crippen LogP contribution in [-0.4, -0.2) is 30.4 Å². The first kappa shape index (κ1) is 6.71.